The third-order valence-corrected chi connectivity index (χ3v) is 2.47. The van der Waals surface area contributed by atoms with Crippen molar-refractivity contribution in [2.24, 2.45) is 5.92 Å². The van der Waals surface area contributed by atoms with Gasteiger partial charge in [0.25, 0.3) is 0 Å². The van der Waals surface area contributed by atoms with E-state index < -0.39 is 0 Å². The smallest absolute Gasteiger partial charge is 0.0336 e. The third kappa shape index (κ3) is 2.02. The van der Waals surface area contributed by atoms with Gasteiger partial charge in [-0.05, 0) is 31.6 Å². The molecule has 52 valence electrons. The predicted molar refractivity (Wildman–Crippen MR) is 41.8 cm³/mol. The lowest BCUT2D eigenvalue weighted by molar-refractivity contribution is 0.425. The second-order valence-corrected chi connectivity index (χ2v) is 3.36. The van der Waals surface area contributed by atoms with E-state index in [-0.39, 0.29) is 0 Å². The van der Waals surface area contributed by atoms with Crippen LogP contribution in [-0.4, -0.2) is 5.38 Å². The molecule has 0 spiro atoms. The first-order valence-corrected chi connectivity index (χ1v) is 4.03. The van der Waals surface area contributed by atoms with Crippen LogP contribution in [0.15, 0.2) is 12.7 Å². The summed E-state index contributed by atoms with van der Waals surface area (Å²) in [4.78, 5) is 0. The first kappa shape index (κ1) is 7.14. The van der Waals surface area contributed by atoms with E-state index >= 15 is 0 Å². The minimum atomic E-state index is 0.446. The van der Waals surface area contributed by atoms with Crippen molar-refractivity contribution >= 4 is 11.6 Å². The summed E-state index contributed by atoms with van der Waals surface area (Å²) in [5.41, 5.74) is 0. The van der Waals surface area contributed by atoms with Crippen molar-refractivity contribution < 1.29 is 0 Å². The molecule has 0 aromatic rings. The first-order chi connectivity index (χ1) is 4.33. The maximum atomic E-state index is 5.90. The van der Waals surface area contributed by atoms with Gasteiger partial charge in [0.05, 0.1) is 0 Å². The molecule has 1 saturated carbocycles. The number of allylic oxidation sites excluding steroid dienone is 1. The Morgan fingerprint density at radius 2 is 1.78 bits per heavy atom. The van der Waals surface area contributed by atoms with Gasteiger partial charge in [-0.15, -0.1) is 18.2 Å². The van der Waals surface area contributed by atoms with Crippen LogP contribution in [0.3, 0.4) is 0 Å². The van der Waals surface area contributed by atoms with Crippen LogP contribution < -0.4 is 0 Å². The van der Waals surface area contributed by atoms with Crippen LogP contribution in [0.4, 0.5) is 0 Å². The van der Waals surface area contributed by atoms with Crippen molar-refractivity contribution in [2.75, 3.05) is 0 Å². The molecule has 0 aromatic carbocycles. The molecule has 1 heteroatoms. The minimum Gasteiger partial charge on any atom is -0.123 e. The molecule has 1 aliphatic carbocycles. The molecule has 0 nitrogen and oxygen atoms in total. The van der Waals surface area contributed by atoms with E-state index in [4.69, 9.17) is 11.6 Å². The van der Waals surface area contributed by atoms with E-state index in [1.165, 1.54) is 25.7 Å². The highest BCUT2D eigenvalue weighted by molar-refractivity contribution is 6.20. The number of halogens is 1. The summed E-state index contributed by atoms with van der Waals surface area (Å²) in [6, 6.07) is 0. The molecular formula is C8H13Cl. The zero-order valence-corrected chi connectivity index (χ0v) is 6.40. The van der Waals surface area contributed by atoms with Gasteiger partial charge in [-0.25, -0.2) is 0 Å². The van der Waals surface area contributed by atoms with Crippen LogP contribution in [0.5, 0.6) is 0 Å². The molecular weight excluding hydrogens is 132 g/mol. The summed E-state index contributed by atoms with van der Waals surface area (Å²) in [5, 5.41) is 0.446. The van der Waals surface area contributed by atoms with Gasteiger partial charge in [-0.1, -0.05) is 6.08 Å². The summed E-state index contributed by atoms with van der Waals surface area (Å²) in [6.07, 6.45) is 6.91. The lowest BCUT2D eigenvalue weighted by Gasteiger charge is -2.21. The van der Waals surface area contributed by atoms with E-state index in [1.54, 1.807) is 0 Å². The second-order valence-electron chi connectivity index (χ2n) is 2.75. The molecule has 0 bridgehead atoms. The molecule has 1 fully saturated rings. The Labute approximate surface area is 61.9 Å². The molecule has 0 radical (unpaired) electrons. The van der Waals surface area contributed by atoms with Crippen LogP contribution >= 0.6 is 11.6 Å². The molecule has 0 saturated heterocycles. The highest BCUT2D eigenvalue weighted by atomic mass is 35.5. The quantitative estimate of drug-likeness (QED) is 0.392. The molecule has 0 aliphatic heterocycles. The fourth-order valence-corrected chi connectivity index (χ4v) is 1.57. The molecule has 0 unspecified atom stereocenters. The Morgan fingerprint density at radius 1 is 1.22 bits per heavy atom. The first-order valence-electron chi connectivity index (χ1n) is 3.59. The maximum absolute atomic E-state index is 5.90. The van der Waals surface area contributed by atoms with E-state index in [0.29, 0.717) is 5.38 Å². The van der Waals surface area contributed by atoms with Gasteiger partial charge < -0.3 is 0 Å². The van der Waals surface area contributed by atoms with Crippen molar-refractivity contribution in [1.29, 1.82) is 0 Å². The normalized spacial score (nSPS) is 36.1. The standard InChI is InChI=1S/C8H13Cl/c1-2-7-3-5-8(9)6-4-7/h2,7-8H,1,3-6H2. The van der Waals surface area contributed by atoms with E-state index in [0.717, 1.165) is 5.92 Å². The van der Waals surface area contributed by atoms with E-state index in [9.17, 15) is 0 Å². The lowest BCUT2D eigenvalue weighted by Crippen LogP contribution is -2.11. The Morgan fingerprint density at radius 3 is 2.22 bits per heavy atom. The van der Waals surface area contributed by atoms with Crippen LogP contribution in [0.25, 0.3) is 0 Å². The van der Waals surface area contributed by atoms with E-state index in [1.807, 2.05) is 0 Å². The largest absolute Gasteiger partial charge is 0.123 e. The lowest BCUT2D eigenvalue weighted by atomic mass is 9.89. The highest BCUT2D eigenvalue weighted by Gasteiger charge is 2.16. The summed E-state index contributed by atoms with van der Waals surface area (Å²) < 4.78 is 0. The Kier molecular flexibility index (Phi) is 2.59. The fourth-order valence-electron chi connectivity index (χ4n) is 1.31. The average Bonchev–Trinajstić information content (AvgIpc) is 1.90. The summed E-state index contributed by atoms with van der Waals surface area (Å²) in [6.45, 7) is 3.77. The molecule has 9 heavy (non-hydrogen) atoms. The monoisotopic (exact) mass is 144 g/mol. The van der Waals surface area contributed by atoms with Crippen LogP contribution in [0.2, 0.25) is 0 Å². The van der Waals surface area contributed by atoms with Crippen molar-refractivity contribution in [3.05, 3.63) is 12.7 Å². The number of hydrogen-bond acceptors (Lipinski definition) is 0. The van der Waals surface area contributed by atoms with Gasteiger partial charge in [0.1, 0.15) is 0 Å². The number of alkyl halides is 1. The van der Waals surface area contributed by atoms with Gasteiger partial charge in [0.2, 0.25) is 0 Å². The number of hydrogen-bond donors (Lipinski definition) is 0. The molecule has 0 N–H and O–H groups in total. The third-order valence-electron chi connectivity index (χ3n) is 2.03. The van der Waals surface area contributed by atoms with Gasteiger partial charge >= 0.3 is 0 Å². The predicted octanol–water partition coefficient (Wildman–Crippen LogP) is 2.97. The van der Waals surface area contributed by atoms with Gasteiger partial charge in [-0.2, -0.15) is 0 Å². The van der Waals surface area contributed by atoms with Gasteiger partial charge in [0.15, 0.2) is 0 Å². The van der Waals surface area contributed by atoms with E-state index in [2.05, 4.69) is 12.7 Å². The topological polar surface area (TPSA) is 0 Å². The summed E-state index contributed by atoms with van der Waals surface area (Å²) in [7, 11) is 0. The van der Waals surface area contributed by atoms with Crippen molar-refractivity contribution in [3.63, 3.8) is 0 Å². The Hall–Kier alpha value is 0.0300. The minimum absolute atomic E-state index is 0.446. The van der Waals surface area contributed by atoms with Crippen molar-refractivity contribution in [2.45, 2.75) is 31.1 Å². The zero-order valence-electron chi connectivity index (χ0n) is 5.65. The van der Waals surface area contributed by atoms with Crippen molar-refractivity contribution in [3.8, 4) is 0 Å². The maximum Gasteiger partial charge on any atom is 0.0336 e. The molecule has 0 aromatic heterocycles. The summed E-state index contributed by atoms with van der Waals surface area (Å²) >= 11 is 5.90. The number of rotatable bonds is 1. The molecule has 1 rings (SSSR count). The van der Waals surface area contributed by atoms with Crippen LogP contribution in [0.1, 0.15) is 25.7 Å². The zero-order chi connectivity index (χ0) is 6.69. The SMILES string of the molecule is C=CC1CCC(Cl)CC1. The fraction of sp³-hybridized carbons (Fsp3) is 0.750. The van der Waals surface area contributed by atoms with Crippen LogP contribution in [-0.2, 0) is 0 Å². The second kappa shape index (κ2) is 3.26. The molecule has 1 aliphatic rings. The van der Waals surface area contributed by atoms with Crippen LogP contribution in [0, 0.1) is 5.92 Å². The molecule has 0 heterocycles. The molecule has 0 atom stereocenters. The Balaban J connectivity index is 2.26. The highest BCUT2D eigenvalue weighted by Crippen LogP contribution is 2.27. The van der Waals surface area contributed by atoms with Gasteiger partial charge in [0, 0.05) is 5.38 Å². The summed E-state index contributed by atoms with van der Waals surface area (Å²) in [5.74, 6) is 0.750. The average molecular weight is 145 g/mol. The molecule has 0 amide bonds. The van der Waals surface area contributed by atoms with Crippen molar-refractivity contribution in [1.82, 2.24) is 0 Å². The Bertz CT molecular complexity index is 90.7. The van der Waals surface area contributed by atoms with Gasteiger partial charge in [-0.3, -0.25) is 0 Å².